The molecule has 0 aliphatic rings. The van der Waals surface area contributed by atoms with Crippen LogP contribution in [0.3, 0.4) is 0 Å². The van der Waals surface area contributed by atoms with Gasteiger partial charge in [0.05, 0.1) is 25.8 Å². The third-order valence-corrected chi connectivity index (χ3v) is 4.00. The molecule has 1 aromatic carbocycles. The van der Waals surface area contributed by atoms with Crippen molar-refractivity contribution >= 4 is 52.1 Å². The van der Waals surface area contributed by atoms with Gasteiger partial charge in [0.25, 0.3) is 0 Å². The molecule has 0 spiro atoms. The van der Waals surface area contributed by atoms with Crippen molar-refractivity contribution < 1.29 is 0 Å². The minimum absolute atomic E-state index is 0.467. The molecule has 96 valence electrons. The van der Waals surface area contributed by atoms with Gasteiger partial charge in [-0.3, -0.25) is 0 Å². The van der Waals surface area contributed by atoms with E-state index in [4.69, 9.17) is 46.4 Å². The zero-order chi connectivity index (χ0) is 13.6. The molecule has 0 unspecified atom stereocenters. The van der Waals surface area contributed by atoms with Crippen LogP contribution in [0.15, 0.2) is 36.7 Å². The Morgan fingerprint density at radius 1 is 0.947 bits per heavy atom. The number of pyridine rings is 1. The summed E-state index contributed by atoms with van der Waals surface area (Å²) >= 11 is 24.3. The first-order valence-corrected chi connectivity index (χ1v) is 6.85. The molecule has 0 aliphatic heterocycles. The minimum Gasteiger partial charge on any atom is -0.304 e. The number of nitrogens with zero attached hydrogens (tertiary/aromatic N) is 2. The van der Waals surface area contributed by atoms with E-state index in [2.05, 4.69) is 4.98 Å². The summed E-state index contributed by atoms with van der Waals surface area (Å²) in [6.45, 7) is 0. The van der Waals surface area contributed by atoms with Crippen LogP contribution < -0.4 is 0 Å². The van der Waals surface area contributed by atoms with E-state index < -0.39 is 0 Å². The van der Waals surface area contributed by atoms with Crippen molar-refractivity contribution in [3.8, 4) is 11.3 Å². The normalized spacial score (nSPS) is 11.2. The van der Waals surface area contributed by atoms with Gasteiger partial charge in [-0.2, -0.15) is 0 Å². The highest BCUT2D eigenvalue weighted by atomic mass is 35.5. The molecule has 0 bridgehead atoms. The van der Waals surface area contributed by atoms with Crippen LogP contribution in [0, 0.1) is 0 Å². The fourth-order valence-electron chi connectivity index (χ4n) is 1.86. The first-order valence-electron chi connectivity index (χ1n) is 5.34. The molecule has 0 saturated heterocycles. The van der Waals surface area contributed by atoms with Gasteiger partial charge < -0.3 is 4.40 Å². The van der Waals surface area contributed by atoms with Gasteiger partial charge in [-0.15, -0.1) is 0 Å². The summed E-state index contributed by atoms with van der Waals surface area (Å²) < 4.78 is 1.76. The van der Waals surface area contributed by atoms with E-state index in [0.29, 0.717) is 31.4 Å². The first-order chi connectivity index (χ1) is 9.06. The quantitative estimate of drug-likeness (QED) is 0.566. The molecule has 2 nitrogen and oxygen atoms in total. The zero-order valence-electron chi connectivity index (χ0n) is 9.37. The standard InChI is InChI=1S/C13H6Cl4N2/c14-7-4-10(16)13-18-11(6-19(13)5-7)8-2-1-3-9(15)12(8)17/h1-6H. The average molecular weight is 332 g/mol. The van der Waals surface area contributed by atoms with Gasteiger partial charge in [-0.05, 0) is 12.1 Å². The Labute approximate surface area is 129 Å². The van der Waals surface area contributed by atoms with Crippen LogP contribution in [-0.4, -0.2) is 9.38 Å². The molecule has 0 amide bonds. The van der Waals surface area contributed by atoms with Gasteiger partial charge in [0.15, 0.2) is 5.65 Å². The molecule has 0 N–H and O–H groups in total. The van der Waals surface area contributed by atoms with Crippen LogP contribution in [0.1, 0.15) is 0 Å². The van der Waals surface area contributed by atoms with Crippen LogP contribution in [0.5, 0.6) is 0 Å². The number of hydrogen-bond acceptors (Lipinski definition) is 1. The Balaban J connectivity index is 2.26. The summed E-state index contributed by atoms with van der Waals surface area (Å²) in [6, 6.07) is 7.05. The second-order valence-corrected chi connectivity index (χ2v) is 5.59. The van der Waals surface area contributed by atoms with E-state index in [1.54, 1.807) is 22.7 Å². The van der Waals surface area contributed by atoms with E-state index in [0.717, 1.165) is 5.56 Å². The lowest BCUT2D eigenvalue weighted by molar-refractivity contribution is 1.19. The van der Waals surface area contributed by atoms with Gasteiger partial charge >= 0.3 is 0 Å². The van der Waals surface area contributed by atoms with Crippen LogP contribution in [0.2, 0.25) is 20.1 Å². The van der Waals surface area contributed by atoms with Crippen molar-refractivity contribution in [3.63, 3.8) is 0 Å². The maximum Gasteiger partial charge on any atom is 0.156 e. The summed E-state index contributed by atoms with van der Waals surface area (Å²) in [5, 5.41) is 1.98. The molecule has 0 saturated carbocycles. The predicted octanol–water partition coefficient (Wildman–Crippen LogP) is 5.61. The molecule has 19 heavy (non-hydrogen) atoms. The smallest absolute Gasteiger partial charge is 0.156 e. The Morgan fingerprint density at radius 2 is 1.74 bits per heavy atom. The molecule has 3 aromatic rings. The Kier molecular flexibility index (Phi) is 3.35. The Hall–Kier alpha value is -0.930. The number of benzene rings is 1. The van der Waals surface area contributed by atoms with E-state index in [1.165, 1.54) is 0 Å². The number of imidazole rings is 1. The third kappa shape index (κ3) is 2.30. The molecule has 0 fully saturated rings. The number of aromatic nitrogens is 2. The summed E-state index contributed by atoms with van der Waals surface area (Å²) in [5.41, 5.74) is 2.07. The molecule has 0 radical (unpaired) electrons. The van der Waals surface area contributed by atoms with Crippen LogP contribution in [0.25, 0.3) is 16.9 Å². The minimum atomic E-state index is 0.467. The fraction of sp³-hybridized carbons (Fsp3) is 0. The van der Waals surface area contributed by atoms with E-state index in [9.17, 15) is 0 Å². The average Bonchev–Trinajstić information content (AvgIpc) is 2.76. The fourth-order valence-corrected chi connectivity index (χ4v) is 2.78. The second kappa shape index (κ2) is 4.88. The monoisotopic (exact) mass is 330 g/mol. The number of fused-ring (bicyclic) bond motifs is 1. The van der Waals surface area contributed by atoms with E-state index in [1.807, 2.05) is 18.3 Å². The second-order valence-electron chi connectivity index (χ2n) is 3.96. The van der Waals surface area contributed by atoms with E-state index in [-0.39, 0.29) is 0 Å². The SMILES string of the molecule is Clc1cc(Cl)c2nc(-c3cccc(Cl)c3Cl)cn2c1. The van der Waals surface area contributed by atoms with Gasteiger partial charge in [0, 0.05) is 18.0 Å². The molecular weight excluding hydrogens is 326 g/mol. The topological polar surface area (TPSA) is 17.3 Å². The largest absolute Gasteiger partial charge is 0.304 e. The molecule has 2 aromatic heterocycles. The van der Waals surface area contributed by atoms with Crippen LogP contribution in [0.4, 0.5) is 0 Å². The van der Waals surface area contributed by atoms with Gasteiger partial charge in [0.1, 0.15) is 0 Å². The highest BCUT2D eigenvalue weighted by Crippen LogP contribution is 2.34. The lowest BCUT2D eigenvalue weighted by Crippen LogP contribution is -1.82. The highest BCUT2D eigenvalue weighted by molar-refractivity contribution is 6.43. The lowest BCUT2D eigenvalue weighted by atomic mass is 10.2. The Bertz CT molecular complexity index is 780. The summed E-state index contributed by atoms with van der Waals surface area (Å²) in [7, 11) is 0. The molecule has 2 heterocycles. The van der Waals surface area contributed by atoms with Gasteiger partial charge in [-0.1, -0.05) is 58.5 Å². The van der Waals surface area contributed by atoms with Crippen LogP contribution >= 0.6 is 46.4 Å². The maximum atomic E-state index is 6.19. The summed E-state index contributed by atoms with van der Waals surface area (Å²) in [4.78, 5) is 4.45. The lowest BCUT2D eigenvalue weighted by Gasteiger charge is -2.01. The van der Waals surface area contributed by atoms with Crippen molar-refractivity contribution in [2.24, 2.45) is 0 Å². The zero-order valence-corrected chi connectivity index (χ0v) is 12.4. The third-order valence-electron chi connectivity index (χ3n) is 2.70. The van der Waals surface area contributed by atoms with E-state index >= 15 is 0 Å². The van der Waals surface area contributed by atoms with Crippen molar-refractivity contribution in [1.29, 1.82) is 0 Å². The number of rotatable bonds is 1. The molecule has 6 heteroatoms. The predicted molar refractivity (Wildman–Crippen MR) is 80.7 cm³/mol. The molecule has 3 rings (SSSR count). The molecule has 0 atom stereocenters. The van der Waals surface area contributed by atoms with Crippen LogP contribution in [-0.2, 0) is 0 Å². The molecule has 0 aliphatic carbocycles. The summed E-state index contributed by atoms with van der Waals surface area (Å²) in [5.74, 6) is 0. The van der Waals surface area contributed by atoms with Crippen molar-refractivity contribution in [1.82, 2.24) is 9.38 Å². The van der Waals surface area contributed by atoms with Gasteiger partial charge in [-0.25, -0.2) is 4.98 Å². The van der Waals surface area contributed by atoms with Crippen molar-refractivity contribution in [2.45, 2.75) is 0 Å². The number of halogens is 4. The van der Waals surface area contributed by atoms with Gasteiger partial charge in [0.2, 0.25) is 0 Å². The first kappa shape index (κ1) is 13.1. The van der Waals surface area contributed by atoms with Crippen molar-refractivity contribution in [3.05, 3.63) is 56.7 Å². The summed E-state index contributed by atoms with van der Waals surface area (Å²) in [6.07, 6.45) is 3.54. The maximum absolute atomic E-state index is 6.19. The van der Waals surface area contributed by atoms with Crippen molar-refractivity contribution in [2.75, 3.05) is 0 Å². The Morgan fingerprint density at radius 3 is 2.53 bits per heavy atom. The number of hydrogen-bond donors (Lipinski definition) is 0. The molecular formula is C13H6Cl4N2. The highest BCUT2D eigenvalue weighted by Gasteiger charge is 2.12.